The highest BCUT2D eigenvalue weighted by molar-refractivity contribution is 9.10. The smallest absolute Gasteiger partial charge is 0.410 e. The number of nitrogens with zero attached hydrogens (tertiary/aromatic N) is 2. The molecule has 0 bridgehead atoms. The molecule has 0 radical (unpaired) electrons. The molecule has 2 amide bonds. The van der Waals surface area contributed by atoms with Crippen molar-refractivity contribution in [2.45, 2.75) is 31.3 Å². The van der Waals surface area contributed by atoms with Gasteiger partial charge in [0.25, 0.3) is 5.91 Å². The highest BCUT2D eigenvalue weighted by atomic mass is 79.9. The number of methoxy groups -OCH3 is 2. The summed E-state index contributed by atoms with van der Waals surface area (Å²) >= 11 is 3.48. The Balaban J connectivity index is 1.42. The molecular weight excluding hydrogens is 476 g/mol. The first-order chi connectivity index (χ1) is 15.5. The van der Waals surface area contributed by atoms with Crippen molar-refractivity contribution in [2.24, 2.45) is 0 Å². The summed E-state index contributed by atoms with van der Waals surface area (Å²) < 4.78 is 16.7. The Kier molecular flexibility index (Phi) is 6.89. The van der Waals surface area contributed by atoms with Gasteiger partial charge in [-0.05, 0) is 52.9 Å². The maximum Gasteiger partial charge on any atom is 0.410 e. The average molecular weight is 503 g/mol. The lowest BCUT2D eigenvalue weighted by Gasteiger charge is -2.38. The van der Waals surface area contributed by atoms with Crippen LogP contribution in [-0.4, -0.2) is 67.8 Å². The molecule has 2 heterocycles. The van der Waals surface area contributed by atoms with Crippen LogP contribution in [0.25, 0.3) is 0 Å². The van der Waals surface area contributed by atoms with Gasteiger partial charge in [0.1, 0.15) is 6.61 Å². The van der Waals surface area contributed by atoms with Crippen LogP contribution in [0.15, 0.2) is 46.9 Å². The van der Waals surface area contributed by atoms with E-state index in [1.807, 2.05) is 28.0 Å². The topological polar surface area (TPSA) is 68.3 Å². The molecule has 8 heteroatoms. The summed E-state index contributed by atoms with van der Waals surface area (Å²) in [6, 6.07) is 13.7. The van der Waals surface area contributed by atoms with E-state index in [-0.39, 0.29) is 24.1 Å². The van der Waals surface area contributed by atoms with Crippen LogP contribution in [0.2, 0.25) is 0 Å². The molecule has 0 saturated carbocycles. The largest absolute Gasteiger partial charge is 0.493 e. The number of benzene rings is 2. The van der Waals surface area contributed by atoms with Gasteiger partial charge in [0, 0.05) is 23.6 Å². The summed E-state index contributed by atoms with van der Waals surface area (Å²) in [6.45, 7) is 1.56. The fourth-order valence-electron chi connectivity index (χ4n) is 4.50. The third kappa shape index (κ3) is 4.55. The Morgan fingerprint density at radius 2 is 1.75 bits per heavy atom. The van der Waals surface area contributed by atoms with Gasteiger partial charge in [-0.1, -0.05) is 30.3 Å². The Morgan fingerprint density at radius 1 is 1.09 bits per heavy atom. The van der Waals surface area contributed by atoms with Gasteiger partial charge in [0.15, 0.2) is 11.5 Å². The number of hydrogen-bond acceptors (Lipinski definition) is 5. The summed E-state index contributed by atoms with van der Waals surface area (Å²) in [5, 5.41) is 0. The summed E-state index contributed by atoms with van der Waals surface area (Å²) in [5.41, 5.74) is 1.72. The third-order valence-electron chi connectivity index (χ3n) is 6.17. The second-order valence-corrected chi connectivity index (χ2v) is 8.89. The third-order valence-corrected chi connectivity index (χ3v) is 6.82. The van der Waals surface area contributed by atoms with Crippen LogP contribution < -0.4 is 9.47 Å². The number of hydrogen-bond donors (Lipinski definition) is 0. The van der Waals surface area contributed by atoms with E-state index < -0.39 is 0 Å². The summed E-state index contributed by atoms with van der Waals surface area (Å²) in [7, 11) is 3.11. The molecule has 1 atom stereocenters. The number of carbonyl (C=O) groups is 2. The molecule has 2 aromatic rings. The number of cyclic esters (lactones) is 1. The van der Waals surface area contributed by atoms with Crippen LogP contribution in [0, 0.1) is 0 Å². The van der Waals surface area contributed by atoms with Crippen LogP contribution >= 0.6 is 15.9 Å². The minimum atomic E-state index is -0.252. The first kappa shape index (κ1) is 22.5. The van der Waals surface area contributed by atoms with Gasteiger partial charge in [0.05, 0.1) is 25.8 Å². The van der Waals surface area contributed by atoms with E-state index in [9.17, 15) is 9.59 Å². The van der Waals surface area contributed by atoms with Crippen molar-refractivity contribution in [3.63, 3.8) is 0 Å². The van der Waals surface area contributed by atoms with E-state index in [1.54, 1.807) is 26.4 Å². The normalized spacial score (nSPS) is 19.1. The maximum atomic E-state index is 13.2. The summed E-state index contributed by atoms with van der Waals surface area (Å²) in [5.74, 6) is 1.00. The zero-order valence-corrected chi connectivity index (χ0v) is 19.8. The average Bonchev–Trinajstić information content (AvgIpc) is 3.18. The molecule has 7 nitrogen and oxygen atoms in total. The van der Waals surface area contributed by atoms with Crippen LogP contribution in [-0.2, 0) is 11.2 Å². The molecule has 170 valence electrons. The molecule has 0 unspecified atom stereocenters. The lowest BCUT2D eigenvalue weighted by molar-refractivity contribution is 0.0635. The van der Waals surface area contributed by atoms with E-state index in [1.165, 1.54) is 5.56 Å². The monoisotopic (exact) mass is 502 g/mol. The summed E-state index contributed by atoms with van der Waals surface area (Å²) in [4.78, 5) is 29.4. The molecule has 2 aliphatic rings. The first-order valence-corrected chi connectivity index (χ1v) is 11.5. The molecule has 4 rings (SSSR count). The van der Waals surface area contributed by atoms with Gasteiger partial charge in [0.2, 0.25) is 0 Å². The van der Waals surface area contributed by atoms with Crippen LogP contribution in [0.4, 0.5) is 4.79 Å². The number of ether oxygens (including phenoxy) is 3. The fourth-order valence-corrected chi connectivity index (χ4v) is 4.99. The molecule has 0 N–H and O–H groups in total. The molecule has 2 aromatic carbocycles. The van der Waals surface area contributed by atoms with E-state index in [0.29, 0.717) is 41.2 Å². The molecular formula is C24H27BrN2O5. The molecule has 32 heavy (non-hydrogen) atoms. The van der Waals surface area contributed by atoms with Crippen molar-refractivity contribution in [1.29, 1.82) is 0 Å². The number of piperidine rings is 1. The van der Waals surface area contributed by atoms with Gasteiger partial charge < -0.3 is 19.1 Å². The van der Waals surface area contributed by atoms with Gasteiger partial charge in [-0.15, -0.1) is 0 Å². The van der Waals surface area contributed by atoms with Crippen molar-refractivity contribution in [2.75, 3.05) is 33.9 Å². The van der Waals surface area contributed by atoms with Crippen LogP contribution in [0.3, 0.4) is 0 Å². The van der Waals surface area contributed by atoms with Gasteiger partial charge >= 0.3 is 6.09 Å². The van der Waals surface area contributed by atoms with Crippen molar-refractivity contribution in [1.82, 2.24) is 9.80 Å². The Labute approximate surface area is 196 Å². The molecule has 2 aliphatic heterocycles. The van der Waals surface area contributed by atoms with Crippen molar-refractivity contribution in [3.05, 3.63) is 58.1 Å². The van der Waals surface area contributed by atoms with Gasteiger partial charge in [-0.25, -0.2) is 4.79 Å². The molecule has 2 fully saturated rings. The first-order valence-electron chi connectivity index (χ1n) is 10.7. The van der Waals surface area contributed by atoms with Gasteiger partial charge in [-0.2, -0.15) is 0 Å². The Hall–Kier alpha value is -2.74. The standard InChI is InChI=1S/C24H27BrN2O5/c1-30-21-13-19(20(25)14-22(21)31-2)23(28)26-10-8-17(9-11-26)27-18(15-32-24(27)29)12-16-6-4-3-5-7-16/h3-7,13-14,17-18H,8-12,15H2,1-2H3/t18-/m0/s1. The van der Waals surface area contributed by atoms with E-state index in [0.717, 1.165) is 19.3 Å². The highest BCUT2D eigenvalue weighted by Gasteiger charge is 2.40. The molecule has 0 aliphatic carbocycles. The fraction of sp³-hybridized carbons (Fsp3) is 0.417. The number of carbonyl (C=O) groups excluding carboxylic acids is 2. The van der Waals surface area contributed by atoms with Crippen molar-refractivity contribution in [3.8, 4) is 11.5 Å². The Bertz CT molecular complexity index is 976. The minimum absolute atomic E-state index is 0.0251. The minimum Gasteiger partial charge on any atom is -0.493 e. The van der Waals surface area contributed by atoms with Crippen molar-refractivity contribution < 1.29 is 23.8 Å². The van der Waals surface area contributed by atoms with E-state index in [4.69, 9.17) is 14.2 Å². The lowest BCUT2D eigenvalue weighted by Crippen LogP contribution is -2.50. The number of rotatable bonds is 6. The zero-order chi connectivity index (χ0) is 22.7. The highest BCUT2D eigenvalue weighted by Crippen LogP contribution is 2.34. The predicted octanol–water partition coefficient (Wildman–Crippen LogP) is 4.13. The van der Waals surface area contributed by atoms with Gasteiger partial charge in [-0.3, -0.25) is 9.69 Å². The van der Waals surface area contributed by atoms with Crippen LogP contribution in [0.5, 0.6) is 11.5 Å². The maximum absolute atomic E-state index is 13.2. The SMILES string of the molecule is COc1cc(Br)c(C(=O)N2CCC(N3C(=O)OC[C@@H]3Cc3ccccc3)CC2)cc1OC. The zero-order valence-electron chi connectivity index (χ0n) is 18.3. The molecule has 0 spiro atoms. The predicted molar refractivity (Wildman–Crippen MR) is 123 cm³/mol. The second kappa shape index (κ2) is 9.81. The number of likely N-dealkylation sites (tertiary alicyclic amines) is 1. The van der Waals surface area contributed by atoms with Crippen LogP contribution in [0.1, 0.15) is 28.8 Å². The molecule has 2 saturated heterocycles. The Morgan fingerprint density at radius 3 is 2.41 bits per heavy atom. The lowest BCUT2D eigenvalue weighted by atomic mass is 9.98. The summed E-state index contributed by atoms with van der Waals surface area (Å²) in [6.07, 6.45) is 1.96. The number of halogens is 1. The second-order valence-electron chi connectivity index (χ2n) is 8.04. The quantitative estimate of drug-likeness (QED) is 0.593. The van der Waals surface area contributed by atoms with E-state index >= 15 is 0 Å². The number of amides is 2. The van der Waals surface area contributed by atoms with Crippen molar-refractivity contribution >= 4 is 27.9 Å². The van der Waals surface area contributed by atoms with E-state index in [2.05, 4.69) is 28.1 Å². The molecule has 0 aromatic heterocycles.